The average molecular weight is 351 g/mol. The van der Waals surface area contributed by atoms with E-state index in [0.29, 0.717) is 6.04 Å². The highest BCUT2D eigenvalue weighted by molar-refractivity contribution is 5.79. The Hall–Kier alpha value is -1.10. The molecule has 0 heterocycles. The zero-order valence-electron chi connectivity index (χ0n) is 16.0. The van der Waals surface area contributed by atoms with Gasteiger partial charge in [0.1, 0.15) is 0 Å². The third kappa shape index (κ3) is 3.71. The monoisotopic (exact) mass is 350 g/mol. The summed E-state index contributed by atoms with van der Waals surface area (Å²) < 4.78 is 0. The summed E-state index contributed by atoms with van der Waals surface area (Å²) in [5, 5.41) is 17.4. The maximum Gasteiger partial charge on any atom is 0.223 e. The first-order valence-electron chi connectivity index (χ1n) is 9.98. The average Bonchev–Trinajstić information content (AvgIpc) is 3.33. The van der Waals surface area contributed by atoms with Crippen molar-refractivity contribution < 1.29 is 14.7 Å². The predicted octanol–water partition coefficient (Wildman–Crippen LogP) is 2.23. The lowest BCUT2D eigenvalue weighted by Crippen LogP contribution is -2.58. The van der Waals surface area contributed by atoms with E-state index < -0.39 is 6.10 Å². The quantitative estimate of drug-likeness (QED) is 0.727. The van der Waals surface area contributed by atoms with Gasteiger partial charge in [0.05, 0.1) is 6.10 Å². The van der Waals surface area contributed by atoms with Crippen molar-refractivity contribution in [3.05, 3.63) is 0 Å². The second-order valence-electron chi connectivity index (χ2n) is 9.15. The summed E-state index contributed by atoms with van der Waals surface area (Å²) in [6.07, 6.45) is 5.65. The lowest BCUT2D eigenvalue weighted by atomic mass is 9.51. The molecule has 5 nitrogen and oxygen atoms in total. The summed E-state index contributed by atoms with van der Waals surface area (Å²) in [5.74, 6) is 0.299. The van der Waals surface area contributed by atoms with Crippen LogP contribution in [0.4, 0.5) is 0 Å². The molecule has 3 aliphatic carbocycles. The first kappa shape index (κ1) is 18.7. The minimum absolute atomic E-state index is 0.000480. The molecule has 3 fully saturated rings. The number of carbonyl (C=O) groups is 2. The van der Waals surface area contributed by atoms with Gasteiger partial charge in [-0.05, 0) is 61.7 Å². The Bertz CT molecular complexity index is 533. The van der Waals surface area contributed by atoms with Crippen LogP contribution >= 0.6 is 0 Å². The van der Waals surface area contributed by atoms with Gasteiger partial charge in [0.25, 0.3) is 0 Å². The van der Waals surface area contributed by atoms with E-state index in [9.17, 15) is 14.7 Å². The Morgan fingerprint density at radius 2 is 1.76 bits per heavy atom. The number of hydrogen-bond acceptors (Lipinski definition) is 3. The first-order valence-corrected chi connectivity index (χ1v) is 9.98. The lowest BCUT2D eigenvalue weighted by Gasteiger charge is -2.56. The summed E-state index contributed by atoms with van der Waals surface area (Å²) in [4.78, 5) is 24.0. The molecule has 3 saturated carbocycles. The third-order valence-corrected chi connectivity index (χ3v) is 7.26. The van der Waals surface area contributed by atoms with E-state index in [2.05, 4.69) is 24.5 Å². The highest BCUT2D eigenvalue weighted by Gasteiger charge is 2.53. The molecule has 0 bridgehead atoms. The van der Waals surface area contributed by atoms with Crippen LogP contribution in [-0.2, 0) is 9.59 Å². The van der Waals surface area contributed by atoms with Crippen molar-refractivity contribution in [2.24, 2.45) is 29.1 Å². The predicted molar refractivity (Wildman–Crippen MR) is 96.7 cm³/mol. The van der Waals surface area contributed by atoms with Gasteiger partial charge in [0.15, 0.2) is 0 Å². The molecule has 0 aromatic heterocycles. The number of carbonyl (C=O) groups excluding carboxylic acids is 2. The Balaban J connectivity index is 1.73. The molecule has 142 valence electrons. The number of hydrogen-bond donors (Lipinski definition) is 3. The molecule has 5 heteroatoms. The van der Waals surface area contributed by atoms with Crippen LogP contribution in [0.1, 0.15) is 66.2 Å². The molecule has 0 unspecified atom stereocenters. The molecule has 3 N–H and O–H groups in total. The molecule has 3 rings (SSSR count). The SMILES string of the molecule is CC(=O)N[C@H]1CC[C@]2(C)CC[C@H]([C@H](C)C(=O)NC3CC3)[C@H](O)[C@H]2[C@@H]1C. The number of rotatable bonds is 4. The van der Waals surface area contributed by atoms with E-state index in [0.717, 1.165) is 38.5 Å². The van der Waals surface area contributed by atoms with Crippen LogP contribution in [0.3, 0.4) is 0 Å². The normalized spacial score (nSPS) is 42.2. The van der Waals surface area contributed by atoms with Crippen LogP contribution in [-0.4, -0.2) is 35.1 Å². The van der Waals surface area contributed by atoms with Gasteiger partial charge in [-0.15, -0.1) is 0 Å². The first-order chi connectivity index (χ1) is 11.7. The van der Waals surface area contributed by atoms with Gasteiger partial charge >= 0.3 is 0 Å². The number of fused-ring (bicyclic) bond motifs is 1. The number of aliphatic hydroxyl groups excluding tert-OH is 1. The van der Waals surface area contributed by atoms with Crippen LogP contribution in [0.25, 0.3) is 0 Å². The maximum atomic E-state index is 12.5. The largest absolute Gasteiger partial charge is 0.392 e. The molecule has 0 aliphatic heterocycles. The summed E-state index contributed by atoms with van der Waals surface area (Å²) in [6.45, 7) is 7.97. The van der Waals surface area contributed by atoms with E-state index in [-0.39, 0.29) is 46.9 Å². The summed E-state index contributed by atoms with van der Waals surface area (Å²) in [7, 11) is 0. The molecule has 2 amide bonds. The van der Waals surface area contributed by atoms with E-state index in [1.54, 1.807) is 6.92 Å². The molecular weight excluding hydrogens is 316 g/mol. The fourth-order valence-electron chi connectivity index (χ4n) is 5.51. The van der Waals surface area contributed by atoms with Gasteiger partial charge in [-0.1, -0.05) is 20.8 Å². The van der Waals surface area contributed by atoms with E-state index in [1.165, 1.54) is 0 Å². The fraction of sp³-hybridized carbons (Fsp3) is 0.900. The molecule has 25 heavy (non-hydrogen) atoms. The lowest BCUT2D eigenvalue weighted by molar-refractivity contribution is -0.143. The zero-order valence-corrected chi connectivity index (χ0v) is 16.0. The third-order valence-electron chi connectivity index (χ3n) is 7.26. The topological polar surface area (TPSA) is 78.4 Å². The van der Waals surface area contributed by atoms with Crippen molar-refractivity contribution in [1.82, 2.24) is 10.6 Å². The minimum Gasteiger partial charge on any atom is -0.392 e. The highest BCUT2D eigenvalue weighted by atomic mass is 16.3. The van der Waals surface area contributed by atoms with E-state index in [1.807, 2.05) is 6.92 Å². The van der Waals surface area contributed by atoms with Crippen LogP contribution < -0.4 is 10.6 Å². The molecule has 3 aliphatic rings. The molecule has 7 atom stereocenters. The maximum absolute atomic E-state index is 12.5. The second kappa shape index (κ2) is 6.90. The highest BCUT2D eigenvalue weighted by Crippen LogP contribution is 2.55. The molecule has 0 spiro atoms. The van der Waals surface area contributed by atoms with Crippen molar-refractivity contribution >= 4 is 11.8 Å². The van der Waals surface area contributed by atoms with Crippen LogP contribution in [0.2, 0.25) is 0 Å². The van der Waals surface area contributed by atoms with Gasteiger partial charge < -0.3 is 15.7 Å². The van der Waals surface area contributed by atoms with Gasteiger partial charge in [0.2, 0.25) is 11.8 Å². The molecule has 0 radical (unpaired) electrons. The molecule has 0 aromatic rings. The van der Waals surface area contributed by atoms with Gasteiger partial charge in [-0.3, -0.25) is 9.59 Å². The van der Waals surface area contributed by atoms with Crippen molar-refractivity contribution in [2.45, 2.75) is 84.4 Å². The Morgan fingerprint density at radius 1 is 1.12 bits per heavy atom. The van der Waals surface area contributed by atoms with E-state index >= 15 is 0 Å². The Kier molecular flexibility index (Phi) is 5.16. The zero-order chi connectivity index (χ0) is 18.4. The fourth-order valence-corrected chi connectivity index (χ4v) is 5.51. The van der Waals surface area contributed by atoms with Crippen LogP contribution in [0, 0.1) is 29.1 Å². The number of amides is 2. The molecular formula is C20H34N2O3. The van der Waals surface area contributed by atoms with Gasteiger partial charge in [0, 0.05) is 24.9 Å². The standard InChI is InChI=1S/C20H34N2O3/c1-11(19(25)22-14-5-6-14)15-7-9-20(4)10-8-16(21-13(3)23)12(2)17(20)18(15)24/h11-12,14-18,24H,5-10H2,1-4H3,(H,21,23)(H,22,25)/t11-,12+,15+,16-,17+,18-,20-/m0/s1. The minimum atomic E-state index is -0.481. The Morgan fingerprint density at radius 3 is 2.36 bits per heavy atom. The molecule has 0 saturated heterocycles. The molecule has 0 aromatic carbocycles. The van der Waals surface area contributed by atoms with E-state index in [4.69, 9.17) is 0 Å². The van der Waals surface area contributed by atoms with Crippen molar-refractivity contribution in [3.8, 4) is 0 Å². The summed E-state index contributed by atoms with van der Waals surface area (Å²) in [5.41, 5.74) is 0.108. The van der Waals surface area contributed by atoms with Crippen LogP contribution in [0.5, 0.6) is 0 Å². The second-order valence-corrected chi connectivity index (χ2v) is 9.15. The number of aliphatic hydroxyl groups is 1. The van der Waals surface area contributed by atoms with Crippen molar-refractivity contribution in [3.63, 3.8) is 0 Å². The van der Waals surface area contributed by atoms with Gasteiger partial charge in [-0.25, -0.2) is 0 Å². The van der Waals surface area contributed by atoms with Gasteiger partial charge in [-0.2, -0.15) is 0 Å². The van der Waals surface area contributed by atoms with Crippen molar-refractivity contribution in [1.29, 1.82) is 0 Å². The summed E-state index contributed by atoms with van der Waals surface area (Å²) >= 11 is 0. The summed E-state index contributed by atoms with van der Waals surface area (Å²) in [6, 6.07) is 0.485. The number of nitrogens with one attached hydrogen (secondary N) is 2. The smallest absolute Gasteiger partial charge is 0.223 e. The van der Waals surface area contributed by atoms with Crippen LogP contribution in [0.15, 0.2) is 0 Å². The Labute approximate surface area is 151 Å². The van der Waals surface area contributed by atoms with Crippen molar-refractivity contribution in [2.75, 3.05) is 0 Å².